The van der Waals surface area contributed by atoms with Crippen LogP contribution in [-0.2, 0) is 4.79 Å². The highest BCUT2D eigenvalue weighted by Gasteiger charge is 2.11. The molecule has 0 aliphatic rings. The summed E-state index contributed by atoms with van der Waals surface area (Å²) in [6, 6.07) is 21.0. The van der Waals surface area contributed by atoms with Crippen LogP contribution in [0, 0.1) is 6.92 Å². The average molecular weight is 502 g/mol. The fourth-order valence-electron chi connectivity index (χ4n) is 2.43. The van der Waals surface area contributed by atoms with Gasteiger partial charge in [0, 0.05) is 11.9 Å². The van der Waals surface area contributed by atoms with E-state index in [4.69, 9.17) is 4.74 Å². The Hall–Kier alpha value is -2.44. The number of benzene rings is 3. The standard InChI is InChI=1S/C22H18Br2N2O2/c1-15-7-9-17(10-8-15)25-13-16-11-19(23)22(20(24)12-16)28-14-21(27)26-18-5-3-2-4-6-18/h2-13H,14H2,1H3,(H,26,27). The zero-order chi connectivity index (χ0) is 19.9. The van der Waals surface area contributed by atoms with Gasteiger partial charge in [0.05, 0.1) is 14.6 Å². The van der Waals surface area contributed by atoms with E-state index in [2.05, 4.69) is 42.2 Å². The van der Waals surface area contributed by atoms with Crippen LogP contribution in [0.15, 0.2) is 80.7 Å². The molecule has 6 heteroatoms. The van der Waals surface area contributed by atoms with Crippen LogP contribution in [0.5, 0.6) is 5.75 Å². The van der Waals surface area contributed by atoms with Crippen molar-refractivity contribution in [3.63, 3.8) is 0 Å². The minimum atomic E-state index is -0.227. The molecule has 3 aromatic carbocycles. The number of hydrogen-bond donors (Lipinski definition) is 1. The molecule has 0 fully saturated rings. The van der Waals surface area contributed by atoms with Crippen LogP contribution in [-0.4, -0.2) is 18.7 Å². The molecule has 1 N–H and O–H groups in total. The zero-order valence-corrected chi connectivity index (χ0v) is 18.3. The summed E-state index contributed by atoms with van der Waals surface area (Å²) in [7, 11) is 0. The van der Waals surface area contributed by atoms with E-state index in [1.54, 1.807) is 6.21 Å². The Morgan fingerprint density at radius 2 is 1.68 bits per heavy atom. The number of rotatable bonds is 6. The SMILES string of the molecule is Cc1ccc(N=Cc2cc(Br)c(OCC(=O)Nc3ccccc3)c(Br)c2)cc1. The lowest BCUT2D eigenvalue weighted by molar-refractivity contribution is -0.118. The second kappa shape index (κ2) is 9.66. The van der Waals surface area contributed by atoms with Gasteiger partial charge in [0.15, 0.2) is 6.61 Å². The lowest BCUT2D eigenvalue weighted by Gasteiger charge is -2.11. The predicted octanol–water partition coefficient (Wildman–Crippen LogP) is 6.29. The molecule has 0 bridgehead atoms. The van der Waals surface area contributed by atoms with Gasteiger partial charge in [-0.15, -0.1) is 0 Å². The van der Waals surface area contributed by atoms with Gasteiger partial charge in [-0.25, -0.2) is 0 Å². The summed E-state index contributed by atoms with van der Waals surface area (Å²) in [5.74, 6) is 0.339. The number of anilines is 1. The Bertz CT molecular complexity index is 964. The van der Waals surface area contributed by atoms with E-state index in [1.807, 2.05) is 73.7 Å². The normalized spacial score (nSPS) is 10.8. The van der Waals surface area contributed by atoms with E-state index in [1.165, 1.54) is 5.56 Å². The van der Waals surface area contributed by atoms with Gasteiger partial charge in [-0.1, -0.05) is 35.9 Å². The second-order valence-corrected chi connectivity index (χ2v) is 7.82. The first-order chi connectivity index (χ1) is 13.5. The molecule has 0 saturated heterocycles. The summed E-state index contributed by atoms with van der Waals surface area (Å²) in [5.41, 5.74) is 3.72. The number of carbonyl (C=O) groups is 1. The number of aryl methyl sites for hydroxylation is 1. The maximum atomic E-state index is 12.1. The van der Waals surface area contributed by atoms with Crippen LogP contribution in [0.1, 0.15) is 11.1 Å². The number of carbonyl (C=O) groups excluding carboxylic acids is 1. The molecule has 0 heterocycles. The molecule has 0 aliphatic carbocycles. The molecule has 3 aromatic rings. The van der Waals surface area contributed by atoms with Crippen molar-refractivity contribution in [1.29, 1.82) is 0 Å². The topological polar surface area (TPSA) is 50.7 Å². The number of nitrogens with one attached hydrogen (secondary N) is 1. The fraction of sp³-hybridized carbons (Fsp3) is 0.0909. The number of halogens is 2. The molecule has 4 nitrogen and oxygen atoms in total. The van der Waals surface area contributed by atoms with Gasteiger partial charge in [0.25, 0.3) is 5.91 Å². The van der Waals surface area contributed by atoms with Gasteiger partial charge in [0.2, 0.25) is 0 Å². The first-order valence-corrected chi connectivity index (χ1v) is 10.2. The van der Waals surface area contributed by atoms with E-state index in [-0.39, 0.29) is 12.5 Å². The summed E-state index contributed by atoms with van der Waals surface area (Å²) in [5, 5.41) is 2.79. The third-order valence-corrected chi connectivity index (χ3v) is 5.00. The highest BCUT2D eigenvalue weighted by molar-refractivity contribution is 9.11. The van der Waals surface area contributed by atoms with E-state index in [0.717, 1.165) is 25.9 Å². The number of para-hydroxylation sites is 1. The van der Waals surface area contributed by atoms with Crippen molar-refractivity contribution in [2.75, 3.05) is 11.9 Å². The van der Waals surface area contributed by atoms with Crippen molar-refractivity contribution < 1.29 is 9.53 Å². The Balaban J connectivity index is 1.64. The van der Waals surface area contributed by atoms with Crippen LogP contribution in [0.3, 0.4) is 0 Å². The molecule has 28 heavy (non-hydrogen) atoms. The molecule has 0 aromatic heterocycles. The summed E-state index contributed by atoms with van der Waals surface area (Å²) >= 11 is 7.00. The molecule has 3 rings (SSSR count). The van der Waals surface area contributed by atoms with Crippen LogP contribution < -0.4 is 10.1 Å². The van der Waals surface area contributed by atoms with Crippen molar-refractivity contribution in [2.45, 2.75) is 6.92 Å². The summed E-state index contributed by atoms with van der Waals surface area (Å²) in [6.45, 7) is 1.95. The first-order valence-electron chi connectivity index (χ1n) is 8.59. The Morgan fingerprint density at radius 3 is 2.32 bits per heavy atom. The molecular weight excluding hydrogens is 484 g/mol. The average Bonchev–Trinajstić information content (AvgIpc) is 2.67. The number of amides is 1. The quantitative estimate of drug-likeness (QED) is 0.403. The lowest BCUT2D eigenvalue weighted by Crippen LogP contribution is -2.20. The molecule has 0 saturated carbocycles. The molecule has 142 valence electrons. The maximum Gasteiger partial charge on any atom is 0.262 e. The maximum absolute atomic E-state index is 12.1. The fourth-order valence-corrected chi connectivity index (χ4v) is 3.88. The van der Waals surface area contributed by atoms with E-state index < -0.39 is 0 Å². The van der Waals surface area contributed by atoms with E-state index >= 15 is 0 Å². The third-order valence-electron chi connectivity index (χ3n) is 3.82. The Morgan fingerprint density at radius 1 is 1.04 bits per heavy atom. The van der Waals surface area contributed by atoms with E-state index in [9.17, 15) is 4.79 Å². The van der Waals surface area contributed by atoms with Crippen molar-refractivity contribution >= 4 is 55.4 Å². The van der Waals surface area contributed by atoms with Crippen molar-refractivity contribution in [3.8, 4) is 5.75 Å². The molecule has 1 amide bonds. The highest BCUT2D eigenvalue weighted by atomic mass is 79.9. The van der Waals surface area contributed by atoms with Gasteiger partial charge in [0.1, 0.15) is 5.75 Å². The van der Waals surface area contributed by atoms with E-state index in [0.29, 0.717) is 5.75 Å². The first kappa shape index (κ1) is 20.3. The second-order valence-electron chi connectivity index (χ2n) is 6.11. The largest absolute Gasteiger partial charge is 0.481 e. The van der Waals surface area contributed by atoms with Crippen molar-refractivity contribution in [2.24, 2.45) is 4.99 Å². The summed E-state index contributed by atoms with van der Waals surface area (Å²) < 4.78 is 7.15. The van der Waals surface area contributed by atoms with Crippen LogP contribution >= 0.6 is 31.9 Å². The molecule has 0 unspecified atom stereocenters. The van der Waals surface area contributed by atoms with Crippen molar-refractivity contribution in [1.82, 2.24) is 0 Å². The molecule has 0 atom stereocenters. The summed E-state index contributed by atoms with van der Waals surface area (Å²) in [6.07, 6.45) is 1.78. The lowest BCUT2D eigenvalue weighted by atomic mass is 10.2. The molecular formula is C22H18Br2N2O2. The van der Waals surface area contributed by atoms with Gasteiger partial charge in [-0.05, 0) is 80.7 Å². The number of ether oxygens (including phenoxy) is 1. The zero-order valence-electron chi connectivity index (χ0n) is 15.2. The molecule has 0 aliphatic heterocycles. The molecule has 0 spiro atoms. The van der Waals surface area contributed by atoms with Crippen LogP contribution in [0.2, 0.25) is 0 Å². The smallest absolute Gasteiger partial charge is 0.262 e. The van der Waals surface area contributed by atoms with Crippen molar-refractivity contribution in [3.05, 3.63) is 86.8 Å². The monoisotopic (exact) mass is 500 g/mol. The van der Waals surface area contributed by atoms with Gasteiger partial charge in [-0.2, -0.15) is 0 Å². The predicted molar refractivity (Wildman–Crippen MR) is 121 cm³/mol. The number of aliphatic imine (C=N–C) groups is 1. The van der Waals surface area contributed by atoms with Gasteiger partial charge < -0.3 is 10.1 Å². The van der Waals surface area contributed by atoms with Gasteiger partial charge >= 0.3 is 0 Å². The summed E-state index contributed by atoms with van der Waals surface area (Å²) in [4.78, 5) is 16.5. The highest BCUT2D eigenvalue weighted by Crippen LogP contribution is 2.34. The minimum absolute atomic E-state index is 0.0943. The number of nitrogens with zero attached hydrogens (tertiary/aromatic N) is 1. The van der Waals surface area contributed by atoms with Crippen LogP contribution in [0.4, 0.5) is 11.4 Å². The Kier molecular flexibility index (Phi) is 7.01. The third kappa shape index (κ3) is 5.78. The van der Waals surface area contributed by atoms with Gasteiger partial charge in [-0.3, -0.25) is 9.79 Å². The Labute approximate surface area is 180 Å². The minimum Gasteiger partial charge on any atom is -0.481 e. The number of hydrogen-bond acceptors (Lipinski definition) is 3. The van der Waals surface area contributed by atoms with Crippen LogP contribution in [0.25, 0.3) is 0 Å². The molecule has 0 radical (unpaired) electrons.